The molecule has 0 radical (unpaired) electrons. The van der Waals surface area contributed by atoms with Crippen molar-refractivity contribution in [2.24, 2.45) is 10.1 Å². The fourth-order valence-electron chi connectivity index (χ4n) is 3.81. The number of amidine groups is 2. The number of fused-ring (bicyclic) bond motifs is 1. The highest BCUT2D eigenvalue weighted by Gasteiger charge is 2.35. The monoisotopic (exact) mass is 556 g/mol. The smallest absolute Gasteiger partial charge is 0.283 e. The zero-order valence-electron chi connectivity index (χ0n) is 21.5. The van der Waals surface area contributed by atoms with Gasteiger partial charge in [-0.15, -0.1) is 0 Å². The summed E-state index contributed by atoms with van der Waals surface area (Å²) in [6.45, 7) is 2.61. The van der Waals surface area contributed by atoms with Gasteiger partial charge in [-0.1, -0.05) is 43.5 Å². The summed E-state index contributed by atoms with van der Waals surface area (Å²) < 4.78 is 22.7. The van der Waals surface area contributed by atoms with Crippen LogP contribution in [0.3, 0.4) is 0 Å². The number of para-hydroxylation sites is 1. The first-order valence-corrected chi connectivity index (χ1v) is 13.4. The molecule has 9 nitrogen and oxygen atoms in total. The Kier molecular flexibility index (Phi) is 9.30. The average Bonchev–Trinajstić information content (AvgIpc) is 3.32. The number of unbranched alkanes of at least 4 members (excludes halogenated alkanes) is 2. The molecule has 200 valence electrons. The van der Waals surface area contributed by atoms with Crippen LogP contribution >= 0.6 is 23.4 Å². The van der Waals surface area contributed by atoms with Crippen molar-refractivity contribution in [1.82, 2.24) is 5.01 Å². The first-order valence-electron chi connectivity index (χ1n) is 12.2. The number of methoxy groups -OCH3 is 2. The maximum Gasteiger partial charge on any atom is 0.283 e. The Balaban J connectivity index is 1.50. The minimum Gasteiger partial charge on any atom is -0.493 e. The van der Waals surface area contributed by atoms with E-state index in [0.717, 1.165) is 30.7 Å². The van der Waals surface area contributed by atoms with Gasteiger partial charge in [-0.2, -0.15) is 15.1 Å². The molecule has 11 heteroatoms. The Bertz CT molecular complexity index is 1290. The molecule has 0 saturated heterocycles. The second kappa shape index (κ2) is 12.8. The van der Waals surface area contributed by atoms with E-state index in [9.17, 15) is 4.79 Å². The Morgan fingerprint density at radius 3 is 2.45 bits per heavy atom. The summed E-state index contributed by atoms with van der Waals surface area (Å²) in [5, 5.41) is 16.4. The number of hydrazone groups is 1. The lowest BCUT2D eigenvalue weighted by molar-refractivity contribution is -0.114. The topological polar surface area (TPSA) is 106 Å². The number of ether oxygens (including phenoxy) is 4. The molecule has 0 fully saturated rings. The number of aliphatic imine (C=N–C) groups is 1. The van der Waals surface area contributed by atoms with Crippen LogP contribution < -0.4 is 18.9 Å². The van der Waals surface area contributed by atoms with E-state index in [-0.39, 0.29) is 24.6 Å². The number of thioether (sulfide) groups is 1. The number of hydrogen-bond donors (Lipinski definition) is 1. The van der Waals surface area contributed by atoms with Gasteiger partial charge < -0.3 is 18.9 Å². The molecule has 2 aromatic rings. The second-order valence-corrected chi connectivity index (χ2v) is 9.80. The average molecular weight is 557 g/mol. The summed E-state index contributed by atoms with van der Waals surface area (Å²) in [5.41, 5.74) is 0.711. The van der Waals surface area contributed by atoms with Gasteiger partial charge in [-0.05, 0) is 60.5 Å². The van der Waals surface area contributed by atoms with E-state index >= 15 is 0 Å². The molecule has 2 aliphatic rings. The van der Waals surface area contributed by atoms with Crippen molar-refractivity contribution in [3.8, 4) is 23.0 Å². The van der Waals surface area contributed by atoms with Gasteiger partial charge in [0, 0.05) is 0 Å². The highest BCUT2D eigenvalue weighted by atomic mass is 35.5. The number of nitrogens with one attached hydrogen (secondary N) is 1. The molecule has 0 spiro atoms. The van der Waals surface area contributed by atoms with Gasteiger partial charge in [0.25, 0.3) is 5.91 Å². The molecular weight excluding hydrogens is 528 g/mol. The Morgan fingerprint density at radius 1 is 1.05 bits per heavy atom. The third-order valence-corrected chi connectivity index (χ3v) is 6.99. The first-order chi connectivity index (χ1) is 18.4. The largest absolute Gasteiger partial charge is 0.493 e. The van der Waals surface area contributed by atoms with E-state index in [1.807, 2.05) is 12.1 Å². The third-order valence-electron chi connectivity index (χ3n) is 5.71. The molecule has 1 amide bonds. The van der Waals surface area contributed by atoms with E-state index in [1.165, 1.54) is 31.0 Å². The summed E-state index contributed by atoms with van der Waals surface area (Å²) in [4.78, 5) is 17.0. The van der Waals surface area contributed by atoms with Crippen LogP contribution in [0.1, 0.15) is 38.2 Å². The van der Waals surface area contributed by atoms with Gasteiger partial charge in [0.2, 0.25) is 10.9 Å². The predicted octanol–water partition coefficient (Wildman–Crippen LogP) is 6.01. The highest BCUT2D eigenvalue weighted by molar-refractivity contribution is 8.26. The minimum absolute atomic E-state index is 0.0204. The molecule has 4 rings (SSSR count). The van der Waals surface area contributed by atoms with Crippen molar-refractivity contribution in [2.75, 3.05) is 27.4 Å². The summed E-state index contributed by atoms with van der Waals surface area (Å²) in [5.74, 6) is 1.25. The Morgan fingerprint density at radius 2 is 1.76 bits per heavy atom. The van der Waals surface area contributed by atoms with Crippen molar-refractivity contribution < 1.29 is 23.7 Å². The zero-order valence-corrected chi connectivity index (χ0v) is 23.0. The van der Waals surface area contributed by atoms with Gasteiger partial charge in [-0.25, -0.2) is 0 Å². The lowest BCUT2D eigenvalue weighted by Crippen LogP contribution is -2.35. The molecule has 0 saturated carbocycles. The number of halogens is 1. The van der Waals surface area contributed by atoms with Crippen LogP contribution in [0.4, 0.5) is 0 Å². The standard InChI is InChI=1S/C27H29ClN4O5S/c1-4-5-6-11-23-31-32-25(29)18(26(33)30-27(32)38-23)14-17-15-21(34-2)24(22(16-17)35-3)37-13-12-36-20-10-8-7-9-19(20)28/h7-10,14-16,29H,4-6,11-13H2,1-3H3/b18-14+,29-25?. The number of carbonyl (C=O) groups is 1. The van der Waals surface area contributed by atoms with Gasteiger partial charge in [0.15, 0.2) is 17.3 Å². The van der Waals surface area contributed by atoms with E-state index in [4.69, 9.17) is 36.0 Å². The normalized spacial score (nSPS) is 15.8. The summed E-state index contributed by atoms with van der Waals surface area (Å²) in [6.07, 6.45) is 5.60. The van der Waals surface area contributed by atoms with Crippen molar-refractivity contribution in [1.29, 1.82) is 5.41 Å². The fourth-order valence-corrected chi connectivity index (χ4v) is 4.93. The molecule has 1 N–H and O–H groups in total. The van der Waals surface area contributed by atoms with Crippen molar-refractivity contribution in [3.05, 3.63) is 52.6 Å². The molecule has 2 aromatic carbocycles. The fraction of sp³-hybridized carbons (Fsp3) is 0.333. The molecule has 2 aliphatic heterocycles. The molecular formula is C27H29ClN4O5S. The van der Waals surface area contributed by atoms with Gasteiger partial charge in [0.1, 0.15) is 24.0 Å². The summed E-state index contributed by atoms with van der Waals surface area (Å²) in [7, 11) is 3.03. The van der Waals surface area contributed by atoms with E-state index in [2.05, 4.69) is 17.0 Å². The van der Waals surface area contributed by atoms with Gasteiger partial charge in [-0.3, -0.25) is 10.2 Å². The van der Waals surface area contributed by atoms with Crippen molar-refractivity contribution >= 4 is 51.4 Å². The summed E-state index contributed by atoms with van der Waals surface area (Å²) >= 11 is 7.47. The molecule has 0 aromatic heterocycles. The lowest BCUT2D eigenvalue weighted by Gasteiger charge is -2.20. The van der Waals surface area contributed by atoms with Crippen molar-refractivity contribution in [3.63, 3.8) is 0 Å². The van der Waals surface area contributed by atoms with Crippen LogP contribution in [-0.4, -0.2) is 54.4 Å². The summed E-state index contributed by atoms with van der Waals surface area (Å²) in [6, 6.07) is 10.6. The second-order valence-electron chi connectivity index (χ2n) is 8.35. The zero-order chi connectivity index (χ0) is 27.1. The molecule has 2 heterocycles. The lowest BCUT2D eigenvalue weighted by atomic mass is 10.1. The van der Waals surface area contributed by atoms with E-state index in [1.54, 1.807) is 30.3 Å². The molecule has 0 aliphatic carbocycles. The number of amides is 1. The van der Waals surface area contributed by atoms with Crippen LogP contribution in [0.15, 0.2) is 52.1 Å². The highest BCUT2D eigenvalue weighted by Crippen LogP contribution is 2.40. The number of carbonyl (C=O) groups excluding carboxylic acids is 1. The molecule has 0 atom stereocenters. The maximum atomic E-state index is 12.8. The number of nitrogens with zero attached hydrogens (tertiary/aromatic N) is 3. The maximum absolute atomic E-state index is 12.8. The van der Waals surface area contributed by atoms with Crippen LogP contribution in [-0.2, 0) is 4.79 Å². The Hall–Kier alpha value is -3.50. The molecule has 38 heavy (non-hydrogen) atoms. The number of rotatable bonds is 12. The van der Waals surface area contributed by atoms with Crippen LogP contribution in [0, 0.1) is 5.41 Å². The number of hydrogen-bond acceptors (Lipinski definition) is 8. The van der Waals surface area contributed by atoms with Crippen LogP contribution in [0.5, 0.6) is 23.0 Å². The molecule has 0 unspecified atom stereocenters. The predicted molar refractivity (Wildman–Crippen MR) is 151 cm³/mol. The van der Waals surface area contributed by atoms with Crippen molar-refractivity contribution in [2.45, 2.75) is 32.6 Å². The minimum atomic E-state index is -0.492. The SMILES string of the molecule is CCCCCC1=NN2C(=N)/C(=C\c3cc(OC)c(OCCOc4ccccc4Cl)c(OC)c3)C(=O)N=C2S1. The van der Waals surface area contributed by atoms with Crippen LogP contribution in [0.2, 0.25) is 5.02 Å². The first kappa shape index (κ1) is 27.5. The van der Waals surface area contributed by atoms with Crippen LogP contribution in [0.25, 0.3) is 6.08 Å². The van der Waals surface area contributed by atoms with Gasteiger partial charge >= 0.3 is 0 Å². The number of benzene rings is 2. The quantitative estimate of drug-likeness (QED) is 0.252. The van der Waals surface area contributed by atoms with Gasteiger partial charge in [0.05, 0.1) is 24.8 Å². The third kappa shape index (κ3) is 6.31. The van der Waals surface area contributed by atoms with E-state index in [0.29, 0.717) is 38.8 Å². The molecule has 0 bridgehead atoms. The van der Waals surface area contributed by atoms with E-state index < -0.39 is 5.91 Å². The Labute approximate surface area is 231 Å².